The number of rotatable bonds is 2. The molecule has 0 unspecified atom stereocenters. The number of benzene rings is 1. The zero-order valence-corrected chi connectivity index (χ0v) is 8.63. The van der Waals surface area contributed by atoms with E-state index in [1.165, 1.54) is 18.2 Å². The van der Waals surface area contributed by atoms with Crippen molar-refractivity contribution < 1.29 is 20.1 Å². The van der Waals surface area contributed by atoms with E-state index < -0.39 is 0 Å². The molecule has 1 amide bonds. The Hall–Kier alpha value is -1.75. The lowest BCUT2D eigenvalue weighted by Crippen LogP contribution is -2.51. The van der Waals surface area contributed by atoms with Crippen LogP contribution < -0.4 is 0 Å². The minimum absolute atomic E-state index is 0.0879. The predicted molar refractivity (Wildman–Crippen MR) is 56.3 cm³/mol. The second-order valence-corrected chi connectivity index (χ2v) is 3.96. The van der Waals surface area contributed by atoms with Crippen molar-refractivity contribution in [2.45, 2.75) is 0 Å². The van der Waals surface area contributed by atoms with Crippen molar-refractivity contribution in [3.8, 4) is 11.5 Å². The number of phenolic OH excluding ortho intramolecular Hbond substituents is 2. The van der Waals surface area contributed by atoms with E-state index in [1.54, 1.807) is 4.90 Å². The molecule has 3 N–H and O–H groups in total. The Bertz CT molecular complexity index is 412. The molecular weight excluding hydrogens is 210 g/mol. The van der Waals surface area contributed by atoms with Crippen molar-refractivity contribution in [2.75, 3.05) is 19.7 Å². The van der Waals surface area contributed by atoms with Crippen LogP contribution in [0.2, 0.25) is 0 Å². The lowest BCUT2D eigenvalue weighted by Gasteiger charge is -2.38. The Kier molecular flexibility index (Phi) is 2.70. The normalized spacial score (nSPS) is 15.9. The van der Waals surface area contributed by atoms with Gasteiger partial charge in [0.05, 0.1) is 0 Å². The number of aromatic hydroxyl groups is 2. The molecule has 5 nitrogen and oxygen atoms in total. The number of likely N-dealkylation sites (tertiary alicyclic amines) is 1. The third-order valence-electron chi connectivity index (χ3n) is 2.72. The first-order valence-corrected chi connectivity index (χ1v) is 5.04. The summed E-state index contributed by atoms with van der Waals surface area (Å²) >= 11 is 0. The van der Waals surface area contributed by atoms with Gasteiger partial charge in [0.15, 0.2) is 11.5 Å². The number of carbonyl (C=O) groups is 1. The number of carbonyl (C=O) groups excluding carboxylic acids is 1. The third-order valence-corrected chi connectivity index (χ3v) is 2.72. The average Bonchev–Trinajstić information content (AvgIpc) is 2.20. The molecule has 0 atom stereocenters. The molecule has 1 heterocycles. The molecule has 1 aromatic carbocycles. The molecule has 0 saturated carbocycles. The van der Waals surface area contributed by atoms with Crippen LogP contribution in [0, 0.1) is 5.92 Å². The number of nitrogens with zero attached hydrogens (tertiary/aromatic N) is 1. The van der Waals surface area contributed by atoms with E-state index in [0.717, 1.165) is 0 Å². The van der Waals surface area contributed by atoms with Gasteiger partial charge in [0, 0.05) is 31.2 Å². The van der Waals surface area contributed by atoms with Gasteiger partial charge in [0.1, 0.15) is 0 Å². The lowest BCUT2D eigenvalue weighted by molar-refractivity contribution is 0.0361. The number of hydrogen-bond donors (Lipinski definition) is 3. The van der Waals surface area contributed by atoms with Gasteiger partial charge in [-0.25, -0.2) is 0 Å². The fourth-order valence-corrected chi connectivity index (χ4v) is 1.69. The first kappa shape index (κ1) is 10.8. The summed E-state index contributed by atoms with van der Waals surface area (Å²) in [4.78, 5) is 13.4. The zero-order valence-electron chi connectivity index (χ0n) is 8.63. The molecule has 0 spiro atoms. The quantitative estimate of drug-likeness (QED) is 0.624. The van der Waals surface area contributed by atoms with E-state index in [4.69, 9.17) is 10.2 Å². The molecule has 1 aromatic rings. The molecule has 2 rings (SSSR count). The fourth-order valence-electron chi connectivity index (χ4n) is 1.69. The van der Waals surface area contributed by atoms with E-state index in [1.807, 2.05) is 0 Å². The van der Waals surface area contributed by atoms with Crippen molar-refractivity contribution in [3.05, 3.63) is 23.8 Å². The Labute approximate surface area is 92.6 Å². The molecule has 5 heteroatoms. The topological polar surface area (TPSA) is 81.0 Å². The molecule has 0 bridgehead atoms. The molecule has 16 heavy (non-hydrogen) atoms. The lowest BCUT2D eigenvalue weighted by atomic mass is 10.00. The number of aliphatic hydroxyl groups excluding tert-OH is 1. The van der Waals surface area contributed by atoms with Crippen molar-refractivity contribution >= 4 is 5.91 Å². The van der Waals surface area contributed by atoms with Crippen molar-refractivity contribution in [3.63, 3.8) is 0 Å². The summed E-state index contributed by atoms with van der Waals surface area (Å²) in [5, 5.41) is 27.2. The van der Waals surface area contributed by atoms with Gasteiger partial charge in [-0.1, -0.05) is 0 Å². The van der Waals surface area contributed by atoms with Gasteiger partial charge in [-0.05, 0) is 18.2 Å². The van der Waals surface area contributed by atoms with Gasteiger partial charge in [0.2, 0.25) is 0 Å². The largest absolute Gasteiger partial charge is 0.504 e. The maximum atomic E-state index is 11.8. The highest BCUT2D eigenvalue weighted by Crippen LogP contribution is 2.26. The summed E-state index contributed by atoms with van der Waals surface area (Å²) in [5.74, 6) is -0.576. The van der Waals surface area contributed by atoms with E-state index >= 15 is 0 Å². The Morgan fingerprint density at radius 3 is 2.56 bits per heavy atom. The summed E-state index contributed by atoms with van der Waals surface area (Å²) < 4.78 is 0. The molecular formula is C11H13NO4. The number of amides is 1. The van der Waals surface area contributed by atoms with Crippen LogP contribution in [0.25, 0.3) is 0 Å². The van der Waals surface area contributed by atoms with Crippen LogP contribution in [-0.4, -0.2) is 45.8 Å². The maximum Gasteiger partial charge on any atom is 0.254 e. The third kappa shape index (κ3) is 1.81. The van der Waals surface area contributed by atoms with E-state index in [0.29, 0.717) is 18.7 Å². The minimum Gasteiger partial charge on any atom is -0.504 e. The first-order chi connectivity index (χ1) is 7.61. The van der Waals surface area contributed by atoms with Crippen LogP contribution in [0.4, 0.5) is 0 Å². The molecule has 1 fully saturated rings. The smallest absolute Gasteiger partial charge is 0.254 e. The number of phenols is 2. The second kappa shape index (κ2) is 4.02. The van der Waals surface area contributed by atoms with E-state index in [9.17, 15) is 9.90 Å². The molecule has 0 radical (unpaired) electrons. The molecule has 0 aliphatic carbocycles. The Balaban J connectivity index is 2.07. The van der Waals surface area contributed by atoms with Crippen molar-refractivity contribution in [1.82, 2.24) is 4.90 Å². The number of hydrogen-bond acceptors (Lipinski definition) is 4. The van der Waals surface area contributed by atoms with Crippen LogP contribution in [0.15, 0.2) is 18.2 Å². The van der Waals surface area contributed by atoms with Crippen molar-refractivity contribution in [2.24, 2.45) is 5.92 Å². The average molecular weight is 223 g/mol. The highest BCUT2D eigenvalue weighted by atomic mass is 16.3. The van der Waals surface area contributed by atoms with Gasteiger partial charge in [-0.3, -0.25) is 4.79 Å². The molecule has 86 valence electrons. The van der Waals surface area contributed by atoms with E-state index in [2.05, 4.69) is 0 Å². The molecule has 1 saturated heterocycles. The number of aliphatic hydroxyl groups is 1. The predicted octanol–water partition coefficient (Wildman–Crippen LogP) is 0.162. The van der Waals surface area contributed by atoms with Gasteiger partial charge in [-0.2, -0.15) is 0 Å². The van der Waals surface area contributed by atoms with Crippen LogP contribution >= 0.6 is 0 Å². The van der Waals surface area contributed by atoms with Crippen LogP contribution in [0.5, 0.6) is 11.5 Å². The summed E-state index contributed by atoms with van der Waals surface area (Å²) in [7, 11) is 0. The zero-order chi connectivity index (χ0) is 11.7. The second-order valence-electron chi connectivity index (χ2n) is 3.96. The Morgan fingerprint density at radius 1 is 1.31 bits per heavy atom. The van der Waals surface area contributed by atoms with E-state index in [-0.39, 0.29) is 29.9 Å². The Morgan fingerprint density at radius 2 is 2.00 bits per heavy atom. The van der Waals surface area contributed by atoms with Gasteiger partial charge in [0.25, 0.3) is 5.91 Å². The monoisotopic (exact) mass is 223 g/mol. The van der Waals surface area contributed by atoms with Crippen molar-refractivity contribution in [1.29, 1.82) is 0 Å². The summed E-state index contributed by atoms with van der Waals surface area (Å²) in [5.41, 5.74) is 0.340. The molecule has 0 aromatic heterocycles. The fraction of sp³-hybridized carbons (Fsp3) is 0.364. The molecule has 1 aliphatic rings. The van der Waals surface area contributed by atoms with Crippen LogP contribution in [0.1, 0.15) is 10.4 Å². The standard InChI is InChI=1S/C11H13NO4/c13-6-7-4-12(5-7)11(16)8-1-2-9(14)10(15)3-8/h1-3,7,13-15H,4-6H2. The summed E-state index contributed by atoms with van der Waals surface area (Å²) in [6, 6.07) is 3.99. The van der Waals surface area contributed by atoms with Crippen LogP contribution in [0.3, 0.4) is 0 Å². The SMILES string of the molecule is O=C(c1ccc(O)c(O)c1)N1CC(CO)C1. The first-order valence-electron chi connectivity index (χ1n) is 5.04. The van der Waals surface area contributed by atoms with Gasteiger partial charge < -0.3 is 20.2 Å². The molecule has 1 aliphatic heterocycles. The maximum absolute atomic E-state index is 11.8. The van der Waals surface area contributed by atoms with Gasteiger partial charge in [-0.15, -0.1) is 0 Å². The summed E-state index contributed by atoms with van der Waals surface area (Å²) in [6.45, 7) is 1.17. The minimum atomic E-state index is -0.301. The van der Waals surface area contributed by atoms with Crippen LogP contribution in [-0.2, 0) is 0 Å². The highest BCUT2D eigenvalue weighted by Gasteiger charge is 2.30. The highest BCUT2D eigenvalue weighted by molar-refractivity contribution is 5.95. The summed E-state index contributed by atoms with van der Waals surface area (Å²) in [6.07, 6.45) is 0. The van der Waals surface area contributed by atoms with Gasteiger partial charge >= 0.3 is 0 Å².